The Balaban J connectivity index is 1.57. The topological polar surface area (TPSA) is 49.4 Å². The van der Waals surface area contributed by atoms with Gasteiger partial charge in [-0.2, -0.15) is 0 Å². The van der Waals surface area contributed by atoms with E-state index >= 15 is 0 Å². The molecule has 1 N–H and O–H groups in total. The van der Waals surface area contributed by atoms with Crippen LogP contribution in [0.5, 0.6) is 0 Å². The average Bonchev–Trinajstić information content (AvgIpc) is 3.22. The van der Waals surface area contributed by atoms with E-state index in [1.54, 1.807) is 12.1 Å². The molecule has 1 saturated heterocycles. The number of nitrogens with zero attached hydrogens (tertiary/aromatic N) is 1. The molecule has 1 heterocycles. The first-order chi connectivity index (χ1) is 13.6. The van der Waals surface area contributed by atoms with Crippen molar-refractivity contribution in [3.05, 3.63) is 71.0 Å². The maximum Gasteiger partial charge on any atom is 0.220 e. The molecule has 2 aromatic rings. The van der Waals surface area contributed by atoms with Gasteiger partial charge in [-0.15, -0.1) is 0 Å². The summed E-state index contributed by atoms with van der Waals surface area (Å²) in [6, 6.07) is 14.3. The third-order valence-corrected chi connectivity index (χ3v) is 5.37. The van der Waals surface area contributed by atoms with Gasteiger partial charge in [-0.25, -0.2) is 4.39 Å². The van der Waals surface area contributed by atoms with Gasteiger partial charge in [0.2, 0.25) is 5.91 Å². The van der Waals surface area contributed by atoms with E-state index in [2.05, 4.69) is 29.3 Å². The first-order valence-electron chi connectivity index (χ1n) is 9.90. The number of likely N-dealkylation sites (tertiary alicyclic amines) is 1. The summed E-state index contributed by atoms with van der Waals surface area (Å²) in [7, 11) is 0. The quantitative estimate of drug-likeness (QED) is 0.701. The summed E-state index contributed by atoms with van der Waals surface area (Å²) in [4.78, 5) is 26.9. The van der Waals surface area contributed by atoms with Crippen molar-refractivity contribution in [3.8, 4) is 0 Å². The Morgan fingerprint density at radius 2 is 1.71 bits per heavy atom. The van der Waals surface area contributed by atoms with Crippen LogP contribution in [0.25, 0.3) is 0 Å². The molecule has 0 aromatic heterocycles. The van der Waals surface area contributed by atoms with Gasteiger partial charge < -0.3 is 5.32 Å². The van der Waals surface area contributed by atoms with Crippen molar-refractivity contribution >= 4 is 11.7 Å². The number of nitrogens with one attached hydrogen (secondary N) is 1. The molecule has 148 valence electrons. The first kappa shape index (κ1) is 20.2. The van der Waals surface area contributed by atoms with Gasteiger partial charge in [-0.1, -0.05) is 36.4 Å². The molecule has 0 radical (unpaired) electrons. The SMILES string of the molecule is Cc1ccccc1C(CNC(=O)CCC(=O)c1ccccc1F)N1CCCC1. The van der Waals surface area contributed by atoms with Gasteiger partial charge in [0.1, 0.15) is 5.82 Å². The lowest BCUT2D eigenvalue weighted by Crippen LogP contribution is -2.37. The fourth-order valence-corrected chi connectivity index (χ4v) is 3.80. The number of amides is 1. The van der Waals surface area contributed by atoms with Crippen molar-refractivity contribution in [2.24, 2.45) is 0 Å². The molecule has 1 aliphatic rings. The van der Waals surface area contributed by atoms with Crippen LogP contribution in [-0.4, -0.2) is 36.2 Å². The van der Waals surface area contributed by atoms with E-state index in [1.807, 2.05) is 12.1 Å². The molecule has 3 rings (SSSR count). The second kappa shape index (κ2) is 9.60. The molecule has 0 saturated carbocycles. The molecule has 2 aromatic carbocycles. The molecular formula is C23H27FN2O2. The van der Waals surface area contributed by atoms with Gasteiger partial charge >= 0.3 is 0 Å². The molecule has 0 spiro atoms. The van der Waals surface area contributed by atoms with Crippen molar-refractivity contribution in [1.29, 1.82) is 0 Å². The molecule has 0 bridgehead atoms. The molecule has 1 fully saturated rings. The summed E-state index contributed by atoms with van der Waals surface area (Å²) in [5.74, 6) is -1.06. The Morgan fingerprint density at radius 3 is 2.43 bits per heavy atom. The van der Waals surface area contributed by atoms with Crippen LogP contribution in [0.1, 0.15) is 53.2 Å². The summed E-state index contributed by atoms with van der Waals surface area (Å²) < 4.78 is 13.7. The van der Waals surface area contributed by atoms with Gasteiger partial charge in [-0.3, -0.25) is 14.5 Å². The fraction of sp³-hybridized carbons (Fsp3) is 0.391. The number of carbonyl (C=O) groups is 2. The molecule has 0 aliphatic carbocycles. The molecule has 28 heavy (non-hydrogen) atoms. The van der Waals surface area contributed by atoms with Crippen molar-refractivity contribution in [1.82, 2.24) is 10.2 Å². The minimum Gasteiger partial charge on any atom is -0.354 e. The largest absolute Gasteiger partial charge is 0.354 e. The highest BCUT2D eigenvalue weighted by Gasteiger charge is 2.25. The van der Waals surface area contributed by atoms with E-state index in [-0.39, 0.29) is 36.1 Å². The Morgan fingerprint density at radius 1 is 1.04 bits per heavy atom. The Bertz CT molecular complexity index is 831. The smallest absolute Gasteiger partial charge is 0.220 e. The highest BCUT2D eigenvalue weighted by atomic mass is 19.1. The standard InChI is InChI=1S/C23H27FN2O2/c1-17-8-2-3-9-18(17)21(26-14-6-7-15-26)16-25-23(28)13-12-22(27)19-10-4-5-11-20(19)24/h2-5,8-11,21H,6-7,12-16H2,1H3,(H,25,28). The zero-order valence-electron chi connectivity index (χ0n) is 16.3. The van der Waals surface area contributed by atoms with E-state index in [1.165, 1.54) is 36.1 Å². The number of rotatable bonds is 8. The average molecular weight is 382 g/mol. The van der Waals surface area contributed by atoms with Crippen LogP contribution >= 0.6 is 0 Å². The van der Waals surface area contributed by atoms with Crippen LogP contribution in [0.15, 0.2) is 48.5 Å². The number of hydrogen-bond acceptors (Lipinski definition) is 3. The number of aryl methyl sites for hydroxylation is 1. The monoisotopic (exact) mass is 382 g/mol. The highest BCUT2D eigenvalue weighted by Crippen LogP contribution is 2.26. The van der Waals surface area contributed by atoms with Crippen LogP contribution in [-0.2, 0) is 4.79 Å². The first-order valence-corrected chi connectivity index (χ1v) is 9.90. The molecule has 5 heteroatoms. The molecule has 1 unspecified atom stereocenters. The lowest BCUT2D eigenvalue weighted by molar-refractivity contribution is -0.121. The highest BCUT2D eigenvalue weighted by molar-refractivity contribution is 5.98. The Hall–Kier alpha value is -2.53. The van der Waals surface area contributed by atoms with Gasteiger partial charge in [0.25, 0.3) is 0 Å². The summed E-state index contributed by atoms with van der Waals surface area (Å²) in [6.45, 7) is 4.66. The third-order valence-electron chi connectivity index (χ3n) is 5.37. The van der Waals surface area contributed by atoms with Crippen LogP contribution in [0.3, 0.4) is 0 Å². The van der Waals surface area contributed by atoms with Crippen molar-refractivity contribution in [2.45, 2.75) is 38.6 Å². The summed E-state index contributed by atoms with van der Waals surface area (Å²) in [5.41, 5.74) is 2.49. The Kier molecular flexibility index (Phi) is 6.93. The molecule has 1 aliphatic heterocycles. The van der Waals surface area contributed by atoms with Crippen molar-refractivity contribution < 1.29 is 14.0 Å². The van der Waals surface area contributed by atoms with Crippen molar-refractivity contribution in [2.75, 3.05) is 19.6 Å². The summed E-state index contributed by atoms with van der Waals surface area (Å²) in [5, 5.41) is 2.98. The molecule has 1 amide bonds. The van der Waals surface area contributed by atoms with Gasteiger partial charge in [0, 0.05) is 19.4 Å². The van der Waals surface area contributed by atoms with E-state index in [0.717, 1.165) is 13.1 Å². The second-order valence-electron chi connectivity index (χ2n) is 7.32. The number of hydrogen-bond donors (Lipinski definition) is 1. The summed E-state index contributed by atoms with van der Waals surface area (Å²) >= 11 is 0. The van der Waals surface area contributed by atoms with Gasteiger partial charge in [0.05, 0.1) is 11.6 Å². The minimum absolute atomic E-state index is 0.00547. The van der Waals surface area contributed by atoms with E-state index in [9.17, 15) is 14.0 Å². The van der Waals surface area contributed by atoms with Crippen LogP contribution < -0.4 is 5.32 Å². The normalized spacial score (nSPS) is 15.4. The fourth-order valence-electron chi connectivity index (χ4n) is 3.80. The van der Waals surface area contributed by atoms with Gasteiger partial charge in [-0.05, 0) is 56.1 Å². The van der Waals surface area contributed by atoms with E-state index in [4.69, 9.17) is 0 Å². The van der Waals surface area contributed by atoms with Gasteiger partial charge in [0.15, 0.2) is 5.78 Å². The number of ketones is 1. The number of Topliss-reactive ketones (excluding diaryl/α,β-unsaturated/α-hetero) is 1. The predicted octanol–water partition coefficient (Wildman–Crippen LogP) is 4.05. The van der Waals surface area contributed by atoms with Crippen LogP contribution in [0, 0.1) is 12.7 Å². The Labute approximate surface area is 165 Å². The maximum absolute atomic E-state index is 13.7. The van der Waals surface area contributed by atoms with E-state index < -0.39 is 5.82 Å². The molecular weight excluding hydrogens is 355 g/mol. The summed E-state index contributed by atoms with van der Waals surface area (Å²) in [6.07, 6.45) is 2.42. The number of halogens is 1. The second-order valence-corrected chi connectivity index (χ2v) is 7.32. The molecule has 4 nitrogen and oxygen atoms in total. The number of benzene rings is 2. The minimum atomic E-state index is -0.540. The number of carbonyl (C=O) groups excluding carboxylic acids is 2. The third kappa shape index (κ3) is 5.04. The molecule has 1 atom stereocenters. The van der Waals surface area contributed by atoms with E-state index in [0.29, 0.717) is 6.54 Å². The lowest BCUT2D eigenvalue weighted by Gasteiger charge is -2.29. The van der Waals surface area contributed by atoms with Crippen molar-refractivity contribution in [3.63, 3.8) is 0 Å². The lowest BCUT2D eigenvalue weighted by atomic mass is 10.00. The van der Waals surface area contributed by atoms with Crippen LogP contribution in [0.2, 0.25) is 0 Å². The predicted molar refractivity (Wildman–Crippen MR) is 108 cm³/mol. The zero-order chi connectivity index (χ0) is 19.9. The maximum atomic E-state index is 13.7. The zero-order valence-corrected chi connectivity index (χ0v) is 16.3. The van der Waals surface area contributed by atoms with Crippen LogP contribution in [0.4, 0.5) is 4.39 Å².